The number of thiazole rings is 2. The number of hydrogen-bond donors (Lipinski definition) is 0. The van der Waals surface area contributed by atoms with Gasteiger partial charge < -0.3 is 34.0 Å². The van der Waals surface area contributed by atoms with E-state index in [0.717, 1.165) is 12.8 Å². The zero-order valence-electron chi connectivity index (χ0n) is 16.8. The van der Waals surface area contributed by atoms with E-state index in [4.69, 9.17) is 0 Å². The maximum atomic E-state index is 2.32. The minimum atomic E-state index is 0. The van der Waals surface area contributed by atoms with Crippen LogP contribution in [0.25, 0.3) is 20.4 Å². The standard InChI is InChI=1S/C24H22N2S2.2BrH/c1-25-19-7-3-5-9-21(19)27-23(25)15-17-11-13-18(14-12-17)16-24-26(2)20-8-4-6-10-22(20)28-24;;/h3-14H,15-16H2,1-2H3;2*1H/q+2;;/p-2. The summed E-state index contributed by atoms with van der Waals surface area (Å²) in [6.07, 6.45) is 1.96. The summed E-state index contributed by atoms with van der Waals surface area (Å²) in [5, 5.41) is 2.79. The van der Waals surface area contributed by atoms with E-state index in [1.54, 1.807) is 0 Å². The fourth-order valence-corrected chi connectivity index (χ4v) is 6.10. The van der Waals surface area contributed by atoms with Crippen LogP contribution in [0.1, 0.15) is 21.1 Å². The molecule has 5 rings (SSSR count). The van der Waals surface area contributed by atoms with Gasteiger partial charge >= 0.3 is 0 Å². The lowest BCUT2D eigenvalue weighted by molar-refractivity contribution is -0.647. The second kappa shape index (κ2) is 9.69. The van der Waals surface area contributed by atoms with Crippen LogP contribution in [0, 0.1) is 0 Å². The predicted molar refractivity (Wildman–Crippen MR) is 118 cm³/mol. The minimum absolute atomic E-state index is 0. The molecule has 0 aliphatic rings. The van der Waals surface area contributed by atoms with Crippen LogP contribution in [-0.2, 0) is 26.9 Å². The fourth-order valence-electron chi connectivity index (χ4n) is 3.73. The average molecular weight is 562 g/mol. The molecule has 2 nitrogen and oxygen atoms in total. The highest BCUT2D eigenvalue weighted by molar-refractivity contribution is 7.18. The normalized spacial score (nSPS) is 10.7. The molecule has 0 spiro atoms. The Bertz CT molecular complexity index is 1190. The number of aromatic nitrogens is 2. The topological polar surface area (TPSA) is 7.76 Å². The van der Waals surface area contributed by atoms with Gasteiger partial charge in [-0.2, -0.15) is 9.13 Å². The summed E-state index contributed by atoms with van der Waals surface area (Å²) in [7, 11) is 4.34. The molecule has 0 atom stereocenters. The highest BCUT2D eigenvalue weighted by Crippen LogP contribution is 2.24. The van der Waals surface area contributed by atoms with Crippen LogP contribution in [0.2, 0.25) is 0 Å². The highest BCUT2D eigenvalue weighted by Gasteiger charge is 2.18. The van der Waals surface area contributed by atoms with E-state index in [1.165, 1.54) is 41.6 Å². The molecule has 0 saturated carbocycles. The molecule has 0 N–H and O–H groups in total. The van der Waals surface area contributed by atoms with Gasteiger partial charge in [0.15, 0.2) is 0 Å². The fraction of sp³-hybridized carbons (Fsp3) is 0.167. The van der Waals surface area contributed by atoms with E-state index in [1.807, 2.05) is 22.7 Å². The SMILES string of the molecule is C[n+]1c(Cc2ccc(Cc3sc4ccccc4[n+]3C)cc2)sc2ccccc21.[Br-].[Br-]. The van der Waals surface area contributed by atoms with E-state index in [2.05, 4.69) is 96.0 Å². The summed E-state index contributed by atoms with van der Waals surface area (Å²) >= 11 is 3.78. The summed E-state index contributed by atoms with van der Waals surface area (Å²) in [4.78, 5) is 0. The summed E-state index contributed by atoms with van der Waals surface area (Å²) < 4.78 is 7.36. The third-order valence-electron chi connectivity index (χ3n) is 5.39. The van der Waals surface area contributed by atoms with Crippen LogP contribution in [0.3, 0.4) is 0 Å². The Morgan fingerprint density at radius 2 is 0.933 bits per heavy atom. The molecule has 6 heteroatoms. The number of nitrogens with zero attached hydrogens (tertiary/aromatic N) is 2. The number of hydrogen-bond acceptors (Lipinski definition) is 2. The monoisotopic (exact) mass is 560 g/mol. The van der Waals surface area contributed by atoms with Crippen molar-refractivity contribution < 1.29 is 43.1 Å². The Morgan fingerprint density at radius 1 is 0.567 bits per heavy atom. The molecular formula is C24H22Br2N2S2. The lowest BCUT2D eigenvalue weighted by Gasteiger charge is -2.01. The number of para-hydroxylation sites is 2. The summed E-state index contributed by atoms with van der Waals surface area (Å²) in [5.41, 5.74) is 5.37. The van der Waals surface area contributed by atoms with Crippen LogP contribution in [0.4, 0.5) is 0 Å². The molecule has 0 amide bonds. The highest BCUT2D eigenvalue weighted by atomic mass is 79.9. The second-order valence-corrected chi connectivity index (χ2v) is 9.45. The van der Waals surface area contributed by atoms with E-state index in [-0.39, 0.29) is 34.0 Å². The molecule has 154 valence electrons. The van der Waals surface area contributed by atoms with E-state index in [9.17, 15) is 0 Å². The summed E-state index contributed by atoms with van der Waals surface area (Å²) in [6.45, 7) is 0. The molecule has 0 saturated heterocycles. The van der Waals surface area contributed by atoms with Crippen molar-refractivity contribution in [1.82, 2.24) is 0 Å². The molecular weight excluding hydrogens is 540 g/mol. The zero-order valence-corrected chi connectivity index (χ0v) is 21.6. The smallest absolute Gasteiger partial charge is 0.242 e. The third kappa shape index (κ3) is 4.37. The van der Waals surface area contributed by atoms with Gasteiger partial charge in [-0.3, -0.25) is 0 Å². The van der Waals surface area contributed by atoms with Gasteiger partial charge in [0.2, 0.25) is 21.0 Å². The van der Waals surface area contributed by atoms with Gasteiger partial charge in [0.1, 0.15) is 23.5 Å². The van der Waals surface area contributed by atoms with Gasteiger partial charge in [-0.05, 0) is 23.3 Å². The van der Waals surface area contributed by atoms with Crippen molar-refractivity contribution in [1.29, 1.82) is 0 Å². The van der Waals surface area contributed by atoms with Gasteiger partial charge in [-0.1, -0.05) is 71.2 Å². The zero-order chi connectivity index (χ0) is 19.1. The number of fused-ring (bicyclic) bond motifs is 2. The van der Waals surface area contributed by atoms with Gasteiger partial charge in [-0.15, -0.1) is 0 Å². The molecule has 5 aromatic rings. The molecule has 0 fully saturated rings. The first kappa shape index (κ1) is 23.1. The van der Waals surface area contributed by atoms with Gasteiger partial charge in [0.05, 0.1) is 12.8 Å². The van der Waals surface area contributed by atoms with Crippen molar-refractivity contribution in [2.24, 2.45) is 14.1 Å². The predicted octanol–water partition coefficient (Wildman–Crippen LogP) is -1.05. The van der Waals surface area contributed by atoms with Crippen LogP contribution in [0.5, 0.6) is 0 Å². The maximum Gasteiger partial charge on any atom is 0.242 e. The molecule has 0 unspecified atom stereocenters. The third-order valence-corrected chi connectivity index (χ3v) is 7.83. The second-order valence-electron chi connectivity index (χ2n) is 7.22. The lowest BCUT2D eigenvalue weighted by Crippen LogP contribution is -3.00. The maximum absolute atomic E-state index is 2.32. The largest absolute Gasteiger partial charge is 1.00 e. The van der Waals surface area contributed by atoms with Crippen LogP contribution in [0.15, 0.2) is 72.8 Å². The van der Waals surface area contributed by atoms with Crippen molar-refractivity contribution in [2.45, 2.75) is 12.8 Å². The van der Waals surface area contributed by atoms with Crippen molar-refractivity contribution in [2.75, 3.05) is 0 Å². The first-order chi connectivity index (χ1) is 13.7. The van der Waals surface area contributed by atoms with Crippen molar-refractivity contribution in [3.05, 3.63) is 93.9 Å². The molecule has 2 aromatic heterocycles. The number of aryl methyl sites for hydroxylation is 2. The summed E-state index contributed by atoms with van der Waals surface area (Å²) in [6, 6.07) is 26.4. The quantitative estimate of drug-likeness (QED) is 0.248. The van der Waals surface area contributed by atoms with Gasteiger partial charge in [0.25, 0.3) is 0 Å². The molecule has 0 aliphatic heterocycles. The first-order valence-corrected chi connectivity index (χ1v) is 11.1. The number of rotatable bonds is 4. The van der Waals surface area contributed by atoms with E-state index in [0.29, 0.717) is 0 Å². The van der Waals surface area contributed by atoms with Gasteiger partial charge in [0, 0.05) is 12.1 Å². The van der Waals surface area contributed by atoms with E-state index >= 15 is 0 Å². The van der Waals surface area contributed by atoms with Crippen molar-refractivity contribution >= 4 is 43.1 Å². The molecule has 0 radical (unpaired) electrons. The average Bonchev–Trinajstić information content (AvgIpc) is 3.21. The molecule has 3 aromatic carbocycles. The Balaban J connectivity index is 0.00000128. The lowest BCUT2D eigenvalue weighted by atomic mass is 10.1. The molecule has 2 heterocycles. The Morgan fingerprint density at radius 3 is 1.30 bits per heavy atom. The number of halogens is 2. The van der Waals surface area contributed by atoms with Crippen LogP contribution in [-0.4, -0.2) is 0 Å². The summed E-state index contributed by atoms with van der Waals surface area (Å²) in [5.74, 6) is 0. The van der Waals surface area contributed by atoms with E-state index < -0.39 is 0 Å². The van der Waals surface area contributed by atoms with Crippen molar-refractivity contribution in [3.8, 4) is 0 Å². The van der Waals surface area contributed by atoms with Gasteiger partial charge in [-0.25, -0.2) is 0 Å². The Kier molecular flexibility index (Phi) is 7.45. The number of benzene rings is 3. The molecule has 0 aliphatic carbocycles. The molecule has 0 bridgehead atoms. The Labute approximate surface area is 206 Å². The Hall–Kier alpha value is -1.60. The van der Waals surface area contributed by atoms with Crippen molar-refractivity contribution in [3.63, 3.8) is 0 Å². The van der Waals surface area contributed by atoms with Crippen LogP contribution < -0.4 is 43.1 Å². The van der Waals surface area contributed by atoms with Crippen LogP contribution >= 0.6 is 22.7 Å². The molecule has 30 heavy (non-hydrogen) atoms. The first-order valence-electron chi connectivity index (χ1n) is 9.50. The minimum Gasteiger partial charge on any atom is -1.00 e.